The maximum absolute atomic E-state index is 12.1. The Labute approximate surface area is 114 Å². The van der Waals surface area contributed by atoms with Crippen molar-refractivity contribution >= 4 is 11.9 Å². The van der Waals surface area contributed by atoms with E-state index in [1.165, 1.54) is 4.90 Å². The first-order chi connectivity index (χ1) is 8.82. The summed E-state index contributed by atoms with van der Waals surface area (Å²) in [6, 6.07) is 0. The Bertz CT molecular complexity index is 376. The van der Waals surface area contributed by atoms with Crippen LogP contribution in [-0.2, 0) is 14.3 Å². The number of carboxylic acid groups (broad SMARTS) is 1. The van der Waals surface area contributed by atoms with E-state index >= 15 is 0 Å². The van der Waals surface area contributed by atoms with Gasteiger partial charge in [-0.05, 0) is 19.3 Å². The van der Waals surface area contributed by atoms with Crippen molar-refractivity contribution in [3.63, 3.8) is 0 Å². The van der Waals surface area contributed by atoms with Gasteiger partial charge in [-0.15, -0.1) is 0 Å². The molecule has 5 nitrogen and oxygen atoms in total. The quantitative estimate of drug-likeness (QED) is 0.494. The lowest BCUT2D eigenvalue weighted by atomic mass is 9.74. The topological polar surface area (TPSA) is 70.9 Å². The van der Waals surface area contributed by atoms with Crippen molar-refractivity contribution < 1.29 is 24.3 Å². The summed E-state index contributed by atoms with van der Waals surface area (Å²) in [6.07, 6.45) is 2.31. The fraction of sp³-hybridized carbons (Fsp3) is 0.714. The van der Waals surface area contributed by atoms with Crippen LogP contribution in [0.25, 0.3) is 0 Å². The van der Waals surface area contributed by atoms with Crippen LogP contribution in [0.15, 0.2) is 11.6 Å². The van der Waals surface area contributed by atoms with Crippen molar-refractivity contribution in [3.05, 3.63) is 11.6 Å². The van der Waals surface area contributed by atoms with E-state index in [9.17, 15) is 14.7 Å². The summed E-state index contributed by atoms with van der Waals surface area (Å²) in [6.45, 7) is 4.75. The maximum Gasteiger partial charge on any atom is 0.310 e. The minimum Gasteiger partial charge on any atom is -0.550 e. The van der Waals surface area contributed by atoms with E-state index < -0.39 is 23.8 Å². The predicted molar refractivity (Wildman–Crippen MR) is 68.2 cm³/mol. The Kier molecular flexibility index (Phi) is 5.54. The molecular weight excluding hydrogens is 246 g/mol. The average molecular weight is 269 g/mol. The van der Waals surface area contributed by atoms with Gasteiger partial charge in [0.15, 0.2) is 0 Å². The third-order valence-corrected chi connectivity index (χ3v) is 3.51. The van der Waals surface area contributed by atoms with Gasteiger partial charge in [-0.25, -0.2) is 0 Å². The summed E-state index contributed by atoms with van der Waals surface area (Å²) in [5, 5.41) is 11.2. The SMILES string of the molecule is CC1=C[C@H](C)[C@@H](C(=O)OCC[NH+](C)C)[C@@H](C(=O)[O-])C1. The van der Waals surface area contributed by atoms with Crippen LogP contribution < -0.4 is 10.0 Å². The molecule has 1 N–H and O–H groups in total. The van der Waals surface area contributed by atoms with Crippen LogP contribution in [0.2, 0.25) is 0 Å². The highest BCUT2D eigenvalue weighted by Crippen LogP contribution is 2.34. The lowest BCUT2D eigenvalue weighted by Gasteiger charge is -2.34. The molecule has 108 valence electrons. The summed E-state index contributed by atoms with van der Waals surface area (Å²) < 4.78 is 5.20. The van der Waals surface area contributed by atoms with Crippen molar-refractivity contribution in [3.8, 4) is 0 Å². The third-order valence-electron chi connectivity index (χ3n) is 3.51. The van der Waals surface area contributed by atoms with Gasteiger partial charge in [0.05, 0.1) is 20.0 Å². The standard InChI is InChI=1S/C14H23NO4/c1-9-7-10(2)12(11(8-9)13(16)17)14(18)19-6-5-15(3)4/h7,10-12H,5-6,8H2,1-4H3,(H,16,17)/t10-,11-,12+/m0/s1. The zero-order valence-corrected chi connectivity index (χ0v) is 12.1. The van der Waals surface area contributed by atoms with Crippen molar-refractivity contribution in [2.45, 2.75) is 20.3 Å². The number of hydrogen-bond donors (Lipinski definition) is 1. The van der Waals surface area contributed by atoms with E-state index in [2.05, 4.69) is 0 Å². The Balaban J connectivity index is 2.71. The molecule has 1 rings (SSSR count). The van der Waals surface area contributed by atoms with Gasteiger partial charge in [-0.1, -0.05) is 18.6 Å². The number of rotatable bonds is 5. The van der Waals surface area contributed by atoms with E-state index in [4.69, 9.17) is 4.74 Å². The molecule has 1 aliphatic carbocycles. The fourth-order valence-corrected chi connectivity index (χ4v) is 2.52. The van der Waals surface area contributed by atoms with Crippen LogP contribution in [0.5, 0.6) is 0 Å². The van der Waals surface area contributed by atoms with Crippen molar-refractivity contribution in [2.24, 2.45) is 17.8 Å². The number of carbonyl (C=O) groups excluding carboxylic acids is 2. The van der Waals surface area contributed by atoms with Crippen LogP contribution in [0.4, 0.5) is 0 Å². The van der Waals surface area contributed by atoms with Gasteiger partial charge in [0, 0.05) is 11.9 Å². The smallest absolute Gasteiger partial charge is 0.310 e. The number of hydrogen-bond acceptors (Lipinski definition) is 4. The van der Waals surface area contributed by atoms with Gasteiger partial charge < -0.3 is 19.5 Å². The van der Waals surface area contributed by atoms with Crippen molar-refractivity contribution in [1.29, 1.82) is 0 Å². The van der Waals surface area contributed by atoms with Gasteiger partial charge in [0.1, 0.15) is 13.2 Å². The first-order valence-corrected chi connectivity index (χ1v) is 6.66. The van der Waals surface area contributed by atoms with E-state index in [-0.39, 0.29) is 5.92 Å². The highest BCUT2D eigenvalue weighted by Gasteiger charge is 2.37. The summed E-state index contributed by atoms with van der Waals surface area (Å²) in [7, 11) is 3.93. The van der Waals surface area contributed by atoms with Crippen LogP contribution >= 0.6 is 0 Å². The number of ether oxygens (including phenoxy) is 1. The molecule has 0 amide bonds. The molecule has 0 bridgehead atoms. The number of likely N-dealkylation sites (N-methyl/N-ethyl adjacent to an activating group) is 1. The number of aliphatic carboxylic acids is 1. The van der Waals surface area contributed by atoms with Crippen LogP contribution in [-0.4, -0.2) is 39.2 Å². The largest absolute Gasteiger partial charge is 0.550 e. The molecule has 0 aromatic heterocycles. The second-order valence-electron chi connectivity index (χ2n) is 5.65. The number of esters is 1. The van der Waals surface area contributed by atoms with E-state index in [0.29, 0.717) is 19.6 Å². The molecule has 0 saturated carbocycles. The number of carbonyl (C=O) groups is 2. The van der Waals surface area contributed by atoms with E-state index in [0.717, 1.165) is 5.57 Å². The van der Waals surface area contributed by atoms with Gasteiger partial charge in [0.25, 0.3) is 0 Å². The zero-order chi connectivity index (χ0) is 14.6. The molecule has 0 unspecified atom stereocenters. The van der Waals surface area contributed by atoms with Crippen molar-refractivity contribution in [2.75, 3.05) is 27.2 Å². The summed E-state index contributed by atoms with van der Waals surface area (Å²) in [5.74, 6) is -3.13. The third kappa shape index (κ3) is 4.35. The molecule has 0 spiro atoms. The van der Waals surface area contributed by atoms with Gasteiger partial charge in [0.2, 0.25) is 0 Å². The van der Waals surface area contributed by atoms with Crippen LogP contribution in [0.1, 0.15) is 20.3 Å². The molecule has 19 heavy (non-hydrogen) atoms. The van der Waals surface area contributed by atoms with E-state index in [1.54, 1.807) is 0 Å². The highest BCUT2D eigenvalue weighted by molar-refractivity contribution is 5.81. The van der Waals surface area contributed by atoms with Crippen LogP contribution in [0.3, 0.4) is 0 Å². The Morgan fingerprint density at radius 2 is 2.11 bits per heavy atom. The van der Waals surface area contributed by atoms with Gasteiger partial charge >= 0.3 is 5.97 Å². The monoisotopic (exact) mass is 269 g/mol. The number of nitrogens with one attached hydrogen (secondary N) is 1. The minimum atomic E-state index is -1.17. The first-order valence-electron chi connectivity index (χ1n) is 6.66. The molecule has 0 aliphatic heterocycles. The maximum atomic E-state index is 12.1. The lowest BCUT2D eigenvalue weighted by molar-refractivity contribution is -0.858. The molecule has 0 saturated heterocycles. The van der Waals surface area contributed by atoms with Gasteiger partial charge in [-0.2, -0.15) is 0 Å². The summed E-state index contributed by atoms with van der Waals surface area (Å²) in [4.78, 5) is 24.4. The molecule has 0 aromatic rings. The molecule has 0 heterocycles. The molecule has 0 radical (unpaired) electrons. The van der Waals surface area contributed by atoms with E-state index in [1.807, 2.05) is 34.0 Å². The number of carboxylic acids is 1. The van der Waals surface area contributed by atoms with Crippen molar-refractivity contribution in [1.82, 2.24) is 0 Å². The first kappa shape index (κ1) is 15.7. The zero-order valence-electron chi connectivity index (χ0n) is 12.1. The lowest BCUT2D eigenvalue weighted by Crippen LogP contribution is -3.06. The molecule has 3 atom stereocenters. The normalized spacial score (nSPS) is 27.0. The Morgan fingerprint density at radius 3 is 2.63 bits per heavy atom. The number of allylic oxidation sites excluding steroid dienone is 2. The molecule has 0 fully saturated rings. The minimum absolute atomic E-state index is 0.129. The Hall–Kier alpha value is -1.36. The molecule has 1 aliphatic rings. The predicted octanol–water partition coefficient (Wildman–Crippen LogP) is -1.36. The Morgan fingerprint density at radius 1 is 1.47 bits per heavy atom. The van der Waals surface area contributed by atoms with Gasteiger partial charge in [-0.3, -0.25) is 4.79 Å². The second kappa shape index (κ2) is 6.70. The highest BCUT2D eigenvalue weighted by atomic mass is 16.5. The second-order valence-corrected chi connectivity index (χ2v) is 5.65. The fourth-order valence-electron chi connectivity index (χ4n) is 2.52. The molecule has 0 aromatic carbocycles. The summed E-state index contributed by atoms with van der Waals surface area (Å²) >= 11 is 0. The molecule has 5 heteroatoms. The number of quaternary nitrogens is 1. The summed E-state index contributed by atoms with van der Waals surface area (Å²) in [5.41, 5.74) is 0.989. The molecular formula is C14H23NO4. The van der Waals surface area contributed by atoms with Crippen LogP contribution in [0, 0.1) is 17.8 Å². The average Bonchev–Trinajstić information content (AvgIpc) is 2.26.